The summed E-state index contributed by atoms with van der Waals surface area (Å²) in [7, 11) is 0. The van der Waals surface area contributed by atoms with Gasteiger partial charge in [0.25, 0.3) is 5.91 Å². The number of carbonyl (C=O) groups is 1. The van der Waals surface area contributed by atoms with Gasteiger partial charge in [-0.05, 0) is 12.1 Å². The molecule has 0 aliphatic rings. The number of unbranched alkanes of at least 4 members (excludes halogenated alkanes) is 1. The lowest BCUT2D eigenvalue weighted by Crippen LogP contribution is -3.00. The summed E-state index contributed by atoms with van der Waals surface area (Å²) in [5.41, 5.74) is 7.06. The Labute approximate surface area is 117 Å². The minimum Gasteiger partial charge on any atom is -1.00 e. The van der Waals surface area contributed by atoms with Crippen molar-refractivity contribution < 1.29 is 26.3 Å². The predicted molar refractivity (Wildman–Crippen MR) is 67.6 cm³/mol. The molecule has 96 valence electrons. The predicted octanol–water partition coefficient (Wildman–Crippen LogP) is -0.970. The van der Waals surface area contributed by atoms with Crippen molar-refractivity contribution in [3.63, 3.8) is 0 Å². The topological polar surface area (TPSA) is 47.0 Å². The van der Waals surface area contributed by atoms with E-state index in [1.165, 1.54) is 0 Å². The van der Waals surface area contributed by atoms with Crippen LogP contribution < -0.4 is 27.3 Å². The van der Waals surface area contributed by atoms with Gasteiger partial charge in [-0.3, -0.25) is 4.79 Å². The van der Waals surface area contributed by atoms with Crippen LogP contribution in [0.4, 0.5) is 0 Å². The molecule has 0 fully saturated rings. The maximum atomic E-state index is 11.3. The zero-order chi connectivity index (χ0) is 12.3. The molecular formula is C14H17BrN2O. The van der Waals surface area contributed by atoms with Gasteiger partial charge < -0.3 is 22.7 Å². The molecular weight excluding hydrogens is 292 g/mol. The third-order valence-corrected chi connectivity index (χ3v) is 2.89. The van der Waals surface area contributed by atoms with Crippen LogP contribution in [0.1, 0.15) is 30.1 Å². The van der Waals surface area contributed by atoms with Crippen molar-refractivity contribution in [2.45, 2.75) is 26.3 Å². The lowest BCUT2D eigenvalue weighted by molar-refractivity contribution is -0.671. The molecule has 0 unspecified atom stereocenters. The van der Waals surface area contributed by atoms with Crippen LogP contribution in [0.3, 0.4) is 0 Å². The van der Waals surface area contributed by atoms with Gasteiger partial charge >= 0.3 is 0 Å². The quantitative estimate of drug-likeness (QED) is 0.726. The number of halogens is 1. The number of hydrogen-bond donors (Lipinski definition) is 1. The smallest absolute Gasteiger partial charge is 0.254 e. The van der Waals surface area contributed by atoms with Gasteiger partial charge in [-0.2, -0.15) is 4.57 Å². The number of aryl methyl sites for hydroxylation is 1. The summed E-state index contributed by atoms with van der Waals surface area (Å²) in [4.78, 5) is 11.3. The van der Waals surface area contributed by atoms with Gasteiger partial charge in [0.15, 0.2) is 6.20 Å². The lowest BCUT2D eigenvalue weighted by atomic mass is 10.1. The van der Waals surface area contributed by atoms with Crippen molar-refractivity contribution in [2.24, 2.45) is 5.73 Å². The average molecular weight is 309 g/mol. The number of nitrogens with two attached hydrogens (primary N) is 1. The van der Waals surface area contributed by atoms with E-state index in [9.17, 15) is 4.79 Å². The number of rotatable bonds is 4. The molecule has 0 radical (unpaired) electrons. The van der Waals surface area contributed by atoms with E-state index in [-0.39, 0.29) is 22.9 Å². The second-order valence-corrected chi connectivity index (χ2v) is 4.20. The van der Waals surface area contributed by atoms with Crippen LogP contribution in [0, 0.1) is 0 Å². The third kappa shape index (κ3) is 3.07. The molecule has 18 heavy (non-hydrogen) atoms. The van der Waals surface area contributed by atoms with Crippen LogP contribution in [0.25, 0.3) is 10.9 Å². The first-order valence-corrected chi connectivity index (χ1v) is 5.94. The first-order chi connectivity index (χ1) is 8.22. The molecule has 0 aliphatic heterocycles. The van der Waals surface area contributed by atoms with Crippen LogP contribution in [0.2, 0.25) is 0 Å². The van der Waals surface area contributed by atoms with Gasteiger partial charge in [0, 0.05) is 17.9 Å². The van der Waals surface area contributed by atoms with Crippen molar-refractivity contribution in [3.05, 3.63) is 42.1 Å². The van der Waals surface area contributed by atoms with Gasteiger partial charge in [0.1, 0.15) is 12.1 Å². The maximum Gasteiger partial charge on any atom is 0.254 e. The van der Waals surface area contributed by atoms with Crippen molar-refractivity contribution in [2.75, 3.05) is 0 Å². The van der Waals surface area contributed by atoms with Gasteiger partial charge in [-0.25, -0.2) is 0 Å². The van der Waals surface area contributed by atoms with Crippen LogP contribution in [-0.4, -0.2) is 5.91 Å². The minimum atomic E-state index is -0.374. The van der Waals surface area contributed by atoms with Crippen LogP contribution in [0.15, 0.2) is 36.5 Å². The average Bonchev–Trinajstić information content (AvgIpc) is 2.35. The number of benzene rings is 1. The molecule has 2 N–H and O–H groups in total. The summed E-state index contributed by atoms with van der Waals surface area (Å²) in [6, 6.07) is 9.89. The number of carbonyl (C=O) groups excluding carboxylic acids is 1. The number of aromatic nitrogens is 1. The number of hydrogen-bond acceptors (Lipinski definition) is 1. The third-order valence-electron chi connectivity index (χ3n) is 2.89. The highest BCUT2D eigenvalue weighted by Gasteiger charge is 2.13. The molecule has 0 saturated heterocycles. The van der Waals surface area contributed by atoms with E-state index in [1.54, 1.807) is 0 Å². The first-order valence-electron chi connectivity index (χ1n) is 5.94. The Bertz CT molecular complexity index is 554. The monoisotopic (exact) mass is 308 g/mol. The number of fused-ring (bicyclic) bond motifs is 1. The second kappa shape index (κ2) is 6.50. The molecule has 2 aromatic rings. The molecule has 0 bridgehead atoms. The van der Waals surface area contributed by atoms with E-state index in [0.717, 1.165) is 30.3 Å². The molecule has 0 spiro atoms. The molecule has 2 rings (SSSR count). The SMILES string of the molecule is CCCC[n+]1cc(C(N)=O)cc2ccccc21.[Br-]. The number of amides is 1. The maximum absolute atomic E-state index is 11.3. The Balaban J connectivity index is 0.00000162. The molecule has 4 heteroatoms. The van der Waals surface area contributed by atoms with E-state index in [1.807, 2.05) is 30.5 Å². The summed E-state index contributed by atoms with van der Waals surface area (Å²) >= 11 is 0. The lowest BCUT2D eigenvalue weighted by Gasteiger charge is -2.03. The van der Waals surface area contributed by atoms with Gasteiger partial charge in [-0.15, -0.1) is 0 Å². The van der Waals surface area contributed by atoms with Gasteiger partial charge in [0.05, 0.1) is 0 Å². The highest BCUT2D eigenvalue weighted by atomic mass is 79.9. The normalized spacial score (nSPS) is 10.1. The van der Waals surface area contributed by atoms with Crippen LogP contribution in [0.5, 0.6) is 0 Å². The minimum absolute atomic E-state index is 0. The van der Waals surface area contributed by atoms with Crippen LogP contribution >= 0.6 is 0 Å². The fourth-order valence-corrected chi connectivity index (χ4v) is 1.96. The number of pyridine rings is 1. The highest BCUT2D eigenvalue weighted by Crippen LogP contribution is 2.11. The van der Waals surface area contributed by atoms with E-state index >= 15 is 0 Å². The van der Waals surface area contributed by atoms with E-state index in [0.29, 0.717) is 5.56 Å². The zero-order valence-corrected chi connectivity index (χ0v) is 12.0. The summed E-state index contributed by atoms with van der Waals surface area (Å²) in [5.74, 6) is -0.374. The molecule has 0 atom stereocenters. The summed E-state index contributed by atoms with van der Waals surface area (Å²) in [6.07, 6.45) is 4.07. The van der Waals surface area contributed by atoms with Crippen molar-refractivity contribution in [1.29, 1.82) is 0 Å². The molecule has 1 heterocycles. The Hall–Kier alpha value is -1.42. The largest absolute Gasteiger partial charge is 1.00 e. The number of primary amides is 1. The number of nitrogens with zero attached hydrogens (tertiary/aromatic N) is 1. The summed E-state index contributed by atoms with van der Waals surface area (Å²) < 4.78 is 2.11. The van der Waals surface area contributed by atoms with Crippen LogP contribution in [-0.2, 0) is 6.54 Å². The summed E-state index contributed by atoms with van der Waals surface area (Å²) in [5, 5.41) is 1.06. The standard InChI is InChI=1S/C14H16N2O.BrH/c1-2-3-8-16-10-12(14(15)17)9-11-6-4-5-7-13(11)16;/h4-7,9-10H,2-3,8H2,1H3,(H-,15,17);1H. The second-order valence-electron chi connectivity index (χ2n) is 4.20. The van der Waals surface area contributed by atoms with Crippen molar-refractivity contribution in [3.8, 4) is 0 Å². The Morgan fingerprint density at radius 1 is 1.33 bits per heavy atom. The Morgan fingerprint density at radius 3 is 2.72 bits per heavy atom. The zero-order valence-electron chi connectivity index (χ0n) is 10.4. The van der Waals surface area contributed by atoms with Gasteiger partial charge in [-0.1, -0.05) is 25.5 Å². The van der Waals surface area contributed by atoms with Gasteiger partial charge in [0.2, 0.25) is 5.52 Å². The van der Waals surface area contributed by atoms with E-state index in [4.69, 9.17) is 5.73 Å². The Morgan fingerprint density at radius 2 is 2.06 bits per heavy atom. The number of para-hydroxylation sites is 1. The fourth-order valence-electron chi connectivity index (χ4n) is 1.96. The molecule has 1 aromatic heterocycles. The molecule has 0 saturated carbocycles. The molecule has 1 amide bonds. The van der Waals surface area contributed by atoms with E-state index < -0.39 is 0 Å². The fraction of sp³-hybridized carbons (Fsp3) is 0.286. The first kappa shape index (κ1) is 14.6. The van der Waals surface area contributed by atoms with Crippen molar-refractivity contribution in [1.82, 2.24) is 0 Å². The molecule has 0 aliphatic carbocycles. The van der Waals surface area contributed by atoms with E-state index in [2.05, 4.69) is 17.6 Å². The highest BCUT2D eigenvalue weighted by molar-refractivity contribution is 5.95. The Kier molecular flexibility index (Phi) is 5.28. The summed E-state index contributed by atoms with van der Waals surface area (Å²) in [6.45, 7) is 3.07. The molecule has 1 aromatic carbocycles. The van der Waals surface area contributed by atoms with Crippen molar-refractivity contribution >= 4 is 16.8 Å². The molecule has 3 nitrogen and oxygen atoms in total.